The Morgan fingerprint density at radius 1 is 1.17 bits per heavy atom. The van der Waals surface area contributed by atoms with Crippen LogP contribution in [0, 0.1) is 0 Å². The molecule has 6 heteroatoms. The van der Waals surface area contributed by atoms with Gasteiger partial charge < -0.3 is 14.1 Å². The maximum absolute atomic E-state index is 5.82. The topological polar surface area (TPSA) is 51.4 Å². The summed E-state index contributed by atoms with van der Waals surface area (Å²) in [4.78, 5) is 2.51. The SMILES string of the molecule is CCSCc1nnc(-c2ccc(OCCCN3CCCC3)cc2)o1. The van der Waals surface area contributed by atoms with E-state index >= 15 is 0 Å². The minimum atomic E-state index is 0.572. The largest absolute Gasteiger partial charge is 0.494 e. The van der Waals surface area contributed by atoms with Crippen LogP contribution in [0.5, 0.6) is 5.75 Å². The molecule has 0 atom stereocenters. The molecule has 1 aromatic heterocycles. The molecule has 0 bridgehead atoms. The molecule has 5 nitrogen and oxygen atoms in total. The average Bonchev–Trinajstić information content (AvgIpc) is 3.29. The molecule has 0 spiro atoms. The zero-order valence-corrected chi connectivity index (χ0v) is 15.1. The van der Waals surface area contributed by atoms with E-state index in [1.165, 1.54) is 25.9 Å². The predicted octanol–water partition coefficient (Wildman–Crippen LogP) is 3.85. The third-order valence-electron chi connectivity index (χ3n) is 4.08. The molecule has 2 aromatic rings. The molecular formula is C18H25N3O2S. The zero-order chi connectivity index (χ0) is 16.6. The van der Waals surface area contributed by atoms with Crippen LogP contribution in [0.3, 0.4) is 0 Å². The van der Waals surface area contributed by atoms with Gasteiger partial charge in [-0.1, -0.05) is 6.92 Å². The molecule has 3 rings (SSSR count). The van der Waals surface area contributed by atoms with E-state index in [4.69, 9.17) is 9.15 Å². The van der Waals surface area contributed by atoms with Gasteiger partial charge in [-0.15, -0.1) is 10.2 Å². The number of nitrogens with zero attached hydrogens (tertiary/aromatic N) is 3. The smallest absolute Gasteiger partial charge is 0.247 e. The molecule has 2 heterocycles. The minimum Gasteiger partial charge on any atom is -0.494 e. The number of aromatic nitrogens is 2. The molecule has 0 aliphatic carbocycles. The van der Waals surface area contributed by atoms with Crippen molar-refractivity contribution in [2.45, 2.75) is 31.9 Å². The van der Waals surface area contributed by atoms with Crippen LogP contribution in [-0.4, -0.2) is 47.1 Å². The van der Waals surface area contributed by atoms with Crippen molar-refractivity contribution in [3.8, 4) is 17.2 Å². The maximum Gasteiger partial charge on any atom is 0.247 e. The average molecular weight is 347 g/mol. The van der Waals surface area contributed by atoms with E-state index in [1.807, 2.05) is 24.3 Å². The lowest BCUT2D eigenvalue weighted by molar-refractivity contribution is 0.263. The Morgan fingerprint density at radius 3 is 2.71 bits per heavy atom. The fourth-order valence-corrected chi connectivity index (χ4v) is 3.29. The summed E-state index contributed by atoms with van der Waals surface area (Å²) < 4.78 is 11.5. The van der Waals surface area contributed by atoms with Crippen LogP contribution < -0.4 is 4.74 Å². The molecular weight excluding hydrogens is 322 g/mol. The summed E-state index contributed by atoms with van der Waals surface area (Å²) in [5, 5.41) is 8.19. The Hall–Kier alpha value is -1.53. The molecule has 1 fully saturated rings. The van der Waals surface area contributed by atoms with Gasteiger partial charge in [0.15, 0.2) is 0 Å². The summed E-state index contributed by atoms with van der Waals surface area (Å²) in [6.45, 7) is 6.51. The number of ether oxygens (including phenoxy) is 1. The second-order valence-corrected chi connectivity index (χ2v) is 7.19. The highest BCUT2D eigenvalue weighted by atomic mass is 32.2. The molecule has 1 aromatic carbocycles. The van der Waals surface area contributed by atoms with E-state index in [9.17, 15) is 0 Å². The third-order valence-corrected chi connectivity index (χ3v) is 4.94. The summed E-state index contributed by atoms with van der Waals surface area (Å²) in [6, 6.07) is 7.88. The first-order valence-electron chi connectivity index (χ1n) is 8.71. The highest BCUT2D eigenvalue weighted by molar-refractivity contribution is 7.98. The maximum atomic E-state index is 5.82. The van der Waals surface area contributed by atoms with Crippen LogP contribution in [-0.2, 0) is 5.75 Å². The van der Waals surface area contributed by atoms with Gasteiger partial charge in [-0.05, 0) is 62.4 Å². The summed E-state index contributed by atoms with van der Waals surface area (Å²) >= 11 is 1.77. The molecule has 0 amide bonds. The standard InChI is InChI=1S/C18H25N3O2S/c1-2-24-14-17-19-20-18(23-17)15-6-8-16(9-7-15)22-13-5-12-21-10-3-4-11-21/h6-9H,2-5,10-14H2,1H3. The number of benzene rings is 1. The third kappa shape index (κ3) is 4.98. The van der Waals surface area contributed by atoms with Crippen LogP contribution in [0.25, 0.3) is 11.5 Å². The van der Waals surface area contributed by atoms with E-state index < -0.39 is 0 Å². The first-order chi connectivity index (χ1) is 11.8. The lowest BCUT2D eigenvalue weighted by atomic mass is 10.2. The second-order valence-electron chi connectivity index (χ2n) is 5.91. The Labute approximate surface area is 147 Å². The zero-order valence-electron chi connectivity index (χ0n) is 14.2. The molecule has 1 aliphatic rings. The van der Waals surface area contributed by atoms with Crippen molar-refractivity contribution in [1.29, 1.82) is 0 Å². The summed E-state index contributed by atoms with van der Waals surface area (Å²) in [6.07, 6.45) is 3.76. The highest BCUT2D eigenvalue weighted by Gasteiger charge is 2.11. The number of thioether (sulfide) groups is 1. The van der Waals surface area contributed by atoms with Gasteiger partial charge in [0.1, 0.15) is 5.75 Å². The molecule has 0 unspecified atom stereocenters. The molecule has 130 valence electrons. The first kappa shape index (κ1) is 17.3. The molecule has 1 saturated heterocycles. The summed E-state index contributed by atoms with van der Waals surface area (Å²) in [5.74, 6) is 3.95. The summed E-state index contributed by atoms with van der Waals surface area (Å²) in [5.41, 5.74) is 0.930. The number of likely N-dealkylation sites (tertiary alicyclic amines) is 1. The van der Waals surface area contributed by atoms with E-state index in [0.717, 1.165) is 42.4 Å². The van der Waals surface area contributed by atoms with Crippen molar-refractivity contribution in [2.75, 3.05) is 32.0 Å². The monoisotopic (exact) mass is 347 g/mol. The molecule has 24 heavy (non-hydrogen) atoms. The Morgan fingerprint density at radius 2 is 1.96 bits per heavy atom. The first-order valence-corrected chi connectivity index (χ1v) is 9.86. The highest BCUT2D eigenvalue weighted by Crippen LogP contribution is 2.22. The van der Waals surface area contributed by atoms with Crippen LogP contribution in [0.4, 0.5) is 0 Å². The van der Waals surface area contributed by atoms with Crippen LogP contribution in [0.15, 0.2) is 28.7 Å². The Bertz CT molecular complexity index is 609. The van der Waals surface area contributed by atoms with Crippen molar-refractivity contribution in [3.63, 3.8) is 0 Å². The van der Waals surface area contributed by atoms with Crippen molar-refractivity contribution in [2.24, 2.45) is 0 Å². The number of hydrogen-bond acceptors (Lipinski definition) is 6. The van der Waals surface area contributed by atoms with Gasteiger partial charge in [0, 0.05) is 12.1 Å². The van der Waals surface area contributed by atoms with Gasteiger partial charge in [-0.25, -0.2) is 0 Å². The van der Waals surface area contributed by atoms with Gasteiger partial charge >= 0.3 is 0 Å². The fraction of sp³-hybridized carbons (Fsp3) is 0.556. The molecule has 0 N–H and O–H groups in total. The van der Waals surface area contributed by atoms with E-state index in [-0.39, 0.29) is 0 Å². The Kier molecular flexibility index (Phi) is 6.55. The van der Waals surface area contributed by atoms with Crippen LogP contribution in [0.1, 0.15) is 32.1 Å². The van der Waals surface area contributed by atoms with E-state index in [1.54, 1.807) is 11.8 Å². The van der Waals surface area contributed by atoms with Crippen molar-refractivity contribution in [3.05, 3.63) is 30.2 Å². The van der Waals surface area contributed by atoms with Gasteiger partial charge in [-0.3, -0.25) is 0 Å². The molecule has 0 radical (unpaired) electrons. The summed E-state index contributed by atoms with van der Waals surface area (Å²) in [7, 11) is 0. The van der Waals surface area contributed by atoms with Gasteiger partial charge in [0.2, 0.25) is 11.8 Å². The number of hydrogen-bond donors (Lipinski definition) is 0. The lowest BCUT2D eigenvalue weighted by Gasteiger charge is -2.14. The van der Waals surface area contributed by atoms with Crippen molar-refractivity contribution in [1.82, 2.24) is 15.1 Å². The Balaban J connectivity index is 1.45. The van der Waals surface area contributed by atoms with Crippen LogP contribution >= 0.6 is 11.8 Å². The van der Waals surface area contributed by atoms with Crippen LogP contribution in [0.2, 0.25) is 0 Å². The van der Waals surface area contributed by atoms with Crippen molar-refractivity contribution >= 4 is 11.8 Å². The minimum absolute atomic E-state index is 0.572. The predicted molar refractivity (Wildman–Crippen MR) is 97.4 cm³/mol. The van der Waals surface area contributed by atoms with E-state index in [0.29, 0.717) is 11.8 Å². The molecule has 1 aliphatic heterocycles. The molecule has 0 saturated carbocycles. The van der Waals surface area contributed by atoms with E-state index in [2.05, 4.69) is 22.0 Å². The quantitative estimate of drug-likeness (QED) is 0.642. The van der Waals surface area contributed by atoms with Gasteiger partial charge in [0.05, 0.1) is 12.4 Å². The normalized spacial score (nSPS) is 15.0. The lowest BCUT2D eigenvalue weighted by Crippen LogP contribution is -2.21. The second kappa shape index (κ2) is 9.08. The number of rotatable bonds is 9. The van der Waals surface area contributed by atoms with Crippen molar-refractivity contribution < 1.29 is 9.15 Å². The fourth-order valence-electron chi connectivity index (χ4n) is 2.80. The van der Waals surface area contributed by atoms with Gasteiger partial charge in [0.25, 0.3) is 0 Å². The van der Waals surface area contributed by atoms with Gasteiger partial charge in [-0.2, -0.15) is 11.8 Å².